The molecule has 10 heteroatoms. The van der Waals surface area contributed by atoms with E-state index in [2.05, 4.69) is 0 Å². The van der Waals surface area contributed by atoms with Gasteiger partial charge in [-0.25, -0.2) is 4.79 Å². The molecule has 0 saturated carbocycles. The summed E-state index contributed by atoms with van der Waals surface area (Å²) in [6, 6.07) is 3.25. The number of carboxylic acid groups (broad SMARTS) is 1. The van der Waals surface area contributed by atoms with Crippen LogP contribution in [-0.4, -0.2) is 39.7 Å². The zero-order chi connectivity index (χ0) is 18.4. The fourth-order valence-electron chi connectivity index (χ4n) is 2.39. The largest absolute Gasteiger partial charge is 0.487 e. The van der Waals surface area contributed by atoms with E-state index in [1.54, 1.807) is 0 Å². The molecule has 1 aliphatic rings. The molecule has 1 fully saturated rings. The lowest BCUT2D eigenvalue weighted by Crippen LogP contribution is -2.23. The van der Waals surface area contributed by atoms with Gasteiger partial charge in [0, 0.05) is 6.07 Å². The van der Waals surface area contributed by atoms with Crippen LogP contribution in [0.3, 0.4) is 0 Å². The van der Waals surface area contributed by atoms with Gasteiger partial charge >= 0.3 is 11.7 Å². The van der Waals surface area contributed by atoms with Crippen molar-refractivity contribution in [1.29, 1.82) is 0 Å². The lowest BCUT2D eigenvalue weighted by atomic mass is 10.0. The summed E-state index contributed by atoms with van der Waals surface area (Å²) in [4.78, 5) is 31.1. The number of non-ortho nitro benzene ring substituents is 1. The summed E-state index contributed by atoms with van der Waals surface area (Å²) < 4.78 is 10.3. The van der Waals surface area contributed by atoms with Crippen LogP contribution in [0.25, 0.3) is 0 Å². The smallest absolute Gasteiger partial charge is 0.338 e. The Hall–Kier alpha value is -2.75. The molecule has 136 valence electrons. The highest BCUT2D eigenvalue weighted by Crippen LogP contribution is 2.33. The molecule has 1 aromatic rings. The van der Waals surface area contributed by atoms with Crippen LogP contribution in [0.2, 0.25) is 0 Å². The Balaban J connectivity index is 1.72. The van der Waals surface area contributed by atoms with Crippen molar-refractivity contribution in [1.82, 2.24) is 0 Å². The molecule has 10 nitrogen and oxygen atoms in total. The second-order valence-corrected chi connectivity index (χ2v) is 5.77. The number of hydrogen-bond acceptors (Lipinski definition) is 7. The molecule has 0 unspecified atom stereocenters. The first-order valence-electron chi connectivity index (χ1n) is 7.79. The van der Waals surface area contributed by atoms with E-state index in [0.29, 0.717) is 19.3 Å². The Morgan fingerprint density at radius 2 is 1.88 bits per heavy atom. The minimum absolute atomic E-state index is 0.00758. The molecule has 1 heterocycles. The van der Waals surface area contributed by atoms with Crippen molar-refractivity contribution in [3.8, 4) is 5.75 Å². The minimum Gasteiger partial charge on any atom is -0.487 e. The van der Waals surface area contributed by atoms with E-state index >= 15 is 0 Å². The Bertz CT molecular complexity index is 671. The average molecular weight is 354 g/mol. The van der Waals surface area contributed by atoms with Gasteiger partial charge in [-0.2, -0.15) is 0 Å². The van der Waals surface area contributed by atoms with Crippen LogP contribution in [0.15, 0.2) is 18.2 Å². The van der Waals surface area contributed by atoms with E-state index in [9.17, 15) is 25.0 Å². The summed E-state index contributed by atoms with van der Waals surface area (Å²) in [5.74, 6) is -0.937. The first-order valence-corrected chi connectivity index (χ1v) is 7.79. The number of aliphatic carboxylic acids is 1. The first-order chi connectivity index (χ1) is 11.9. The maximum Gasteiger partial charge on any atom is 0.338 e. The van der Waals surface area contributed by atoms with Gasteiger partial charge in [-0.15, -0.1) is 0 Å². The van der Waals surface area contributed by atoms with Crippen molar-refractivity contribution in [3.05, 3.63) is 38.4 Å². The Labute approximate surface area is 142 Å². The van der Waals surface area contributed by atoms with Crippen molar-refractivity contribution in [2.24, 2.45) is 0 Å². The highest BCUT2D eigenvalue weighted by Gasteiger charge is 2.51. The summed E-state index contributed by atoms with van der Waals surface area (Å²) in [5, 5.41) is 30.6. The molecular formula is C15H18N2O8. The van der Waals surface area contributed by atoms with Gasteiger partial charge in [0.2, 0.25) is 0 Å². The summed E-state index contributed by atoms with van der Waals surface area (Å²) in [7, 11) is 0. The third kappa shape index (κ3) is 4.86. The van der Waals surface area contributed by atoms with E-state index in [-0.39, 0.29) is 24.7 Å². The molecule has 25 heavy (non-hydrogen) atoms. The number of epoxide rings is 1. The molecule has 0 radical (unpaired) electrons. The highest BCUT2D eigenvalue weighted by atomic mass is 16.6. The number of rotatable bonds is 11. The molecule has 0 spiro atoms. The van der Waals surface area contributed by atoms with Crippen LogP contribution in [0.5, 0.6) is 5.75 Å². The molecule has 0 aliphatic carbocycles. The van der Waals surface area contributed by atoms with Gasteiger partial charge in [0.15, 0.2) is 11.4 Å². The van der Waals surface area contributed by atoms with Crippen LogP contribution in [0.1, 0.15) is 32.1 Å². The van der Waals surface area contributed by atoms with Crippen molar-refractivity contribution in [2.45, 2.75) is 37.7 Å². The standard InChI is InChI=1S/C15H18N2O8/c18-14(19)15(10-25-15)7-3-1-2-4-8-24-13-6-5-11(16(20)21)9-12(13)17(22)23/h5-6,9H,1-4,7-8,10H2,(H,18,19)/t15-/m1/s1. The van der Waals surface area contributed by atoms with Crippen molar-refractivity contribution >= 4 is 17.3 Å². The van der Waals surface area contributed by atoms with Crippen LogP contribution in [-0.2, 0) is 9.53 Å². The maximum atomic E-state index is 11.0. The van der Waals surface area contributed by atoms with Crippen LogP contribution >= 0.6 is 0 Å². The predicted molar refractivity (Wildman–Crippen MR) is 84.6 cm³/mol. The van der Waals surface area contributed by atoms with E-state index in [1.807, 2.05) is 0 Å². The summed E-state index contributed by atoms with van der Waals surface area (Å²) >= 11 is 0. The topological polar surface area (TPSA) is 145 Å². The number of nitrogens with zero attached hydrogens (tertiary/aromatic N) is 2. The summed E-state index contributed by atoms with van der Waals surface area (Å²) in [6.07, 6.45) is 3.39. The lowest BCUT2D eigenvalue weighted by molar-refractivity contribution is -0.394. The quantitative estimate of drug-likeness (QED) is 0.276. The Kier molecular flexibility index (Phi) is 5.86. The number of carbonyl (C=O) groups is 1. The normalized spacial score (nSPS) is 18.6. The second kappa shape index (κ2) is 7.88. The first kappa shape index (κ1) is 18.6. The third-order valence-electron chi connectivity index (χ3n) is 3.97. The number of carboxylic acids is 1. The zero-order valence-electron chi connectivity index (χ0n) is 13.4. The SMILES string of the molecule is O=C(O)[C@@]1(CCCCCCOc2ccc([N+](=O)[O-])cc2[N+](=O)[O-])CO1. The monoisotopic (exact) mass is 354 g/mol. The fourth-order valence-corrected chi connectivity index (χ4v) is 2.39. The second-order valence-electron chi connectivity index (χ2n) is 5.77. The molecule has 1 N–H and O–H groups in total. The zero-order valence-corrected chi connectivity index (χ0v) is 13.4. The number of nitro groups is 2. The van der Waals surface area contributed by atoms with E-state index in [1.165, 1.54) is 6.07 Å². The van der Waals surface area contributed by atoms with Gasteiger partial charge in [0.05, 0.1) is 29.1 Å². The number of nitro benzene ring substituents is 2. The number of benzene rings is 1. The molecule has 1 aliphatic heterocycles. The molecular weight excluding hydrogens is 336 g/mol. The van der Waals surface area contributed by atoms with Gasteiger partial charge in [-0.3, -0.25) is 20.2 Å². The predicted octanol–water partition coefficient (Wildman–Crippen LogP) is 2.69. The fraction of sp³-hybridized carbons (Fsp3) is 0.533. The molecule has 1 saturated heterocycles. The maximum absolute atomic E-state index is 11.0. The third-order valence-corrected chi connectivity index (χ3v) is 3.97. The van der Waals surface area contributed by atoms with Crippen molar-refractivity contribution < 1.29 is 29.2 Å². The molecule has 1 atom stereocenters. The minimum atomic E-state index is -0.990. The molecule has 2 rings (SSSR count). The molecule has 0 amide bonds. The molecule has 0 aromatic heterocycles. The molecule has 0 bridgehead atoms. The van der Waals surface area contributed by atoms with Gasteiger partial charge in [-0.1, -0.05) is 12.8 Å². The van der Waals surface area contributed by atoms with E-state index in [0.717, 1.165) is 25.0 Å². The van der Waals surface area contributed by atoms with Gasteiger partial charge < -0.3 is 14.6 Å². The lowest BCUT2D eigenvalue weighted by Gasteiger charge is -2.08. The average Bonchev–Trinajstić information content (AvgIpc) is 3.35. The summed E-state index contributed by atoms with van der Waals surface area (Å²) in [5.41, 5.74) is -1.80. The Morgan fingerprint density at radius 1 is 1.20 bits per heavy atom. The Morgan fingerprint density at radius 3 is 2.44 bits per heavy atom. The number of unbranched alkanes of at least 4 members (excludes halogenated alkanes) is 3. The van der Waals surface area contributed by atoms with Crippen LogP contribution < -0.4 is 4.74 Å². The summed E-state index contributed by atoms with van der Waals surface area (Å²) in [6.45, 7) is 0.495. The van der Waals surface area contributed by atoms with E-state index in [4.69, 9.17) is 14.6 Å². The number of ether oxygens (including phenoxy) is 2. The van der Waals surface area contributed by atoms with Gasteiger partial charge in [-0.05, 0) is 25.3 Å². The van der Waals surface area contributed by atoms with Crippen molar-refractivity contribution in [3.63, 3.8) is 0 Å². The van der Waals surface area contributed by atoms with Gasteiger partial charge in [0.25, 0.3) is 5.69 Å². The number of hydrogen-bond donors (Lipinski definition) is 1. The van der Waals surface area contributed by atoms with E-state index < -0.39 is 27.1 Å². The van der Waals surface area contributed by atoms with Crippen LogP contribution in [0, 0.1) is 20.2 Å². The molecule has 1 aromatic carbocycles. The van der Waals surface area contributed by atoms with Crippen LogP contribution in [0.4, 0.5) is 11.4 Å². The van der Waals surface area contributed by atoms with Gasteiger partial charge in [0.1, 0.15) is 0 Å². The van der Waals surface area contributed by atoms with Crippen molar-refractivity contribution in [2.75, 3.05) is 13.2 Å². The highest BCUT2D eigenvalue weighted by molar-refractivity contribution is 5.80.